The van der Waals surface area contributed by atoms with Gasteiger partial charge >= 0.3 is 0 Å². The van der Waals surface area contributed by atoms with Gasteiger partial charge in [-0.15, -0.1) is 0 Å². The van der Waals surface area contributed by atoms with E-state index in [4.69, 9.17) is 0 Å². The van der Waals surface area contributed by atoms with E-state index >= 15 is 0 Å². The Hall–Kier alpha value is -2.44. The van der Waals surface area contributed by atoms with Crippen molar-refractivity contribution in [1.29, 1.82) is 0 Å². The summed E-state index contributed by atoms with van der Waals surface area (Å²) in [6, 6.07) is 9.59. The maximum atomic E-state index is 11.6. The molecule has 108 valence electrons. The number of aliphatic hydroxyl groups excluding tert-OH is 1. The maximum absolute atomic E-state index is 11.6. The molecule has 21 heavy (non-hydrogen) atoms. The van der Waals surface area contributed by atoms with Crippen LogP contribution in [0.2, 0.25) is 0 Å². The number of benzene rings is 1. The maximum Gasteiger partial charge on any atom is 0.275 e. The van der Waals surface area contributed by atoms with Crippen LogP contribution in [-0.4, -0.2) is 26.7 Å². The second-order valence-electron chi connectivity index (χ2n) is 4.80. The van der Waals surface area contributed by atoms with Crippen LogP contribution in [0.3, 0.4) is 0 Å². The highest BCUT2D eigenvalue weighted by Gasteiger charge is 2.12. The first-order chi connectivity index (χ1) is 10.3. The van der Waals surface area contributed by atoms with Crippen molar-refractivity contribution in [3.05, 3.63) is 64.3 Å². The number of hydrogen-bond donors (Lipinski definition) is 4. The Kier molecular flexibility index (Phi) is 3.81. The van der Waals surface area contributed by atoms with Crippen LogP contribution < -0.4 is 10.9 Å². The van der Waals surface area contributed by atoms with Gasteiger partial charge in [-0.05, 0) is 5.56 Å². The fraction of sp³-hybridized carbons (Fsp3) is 0.200. The molecule has 2 aromatic heterocycles. The summed E-state index contributed by atoms with van der Waals surface area (Å²) in [5.41, 5.74) is 2.84. The van der Waals surface area contributed by atoms with Crippen LogP contribution >= 0.6 is 0 Å². The number of H-pyrrole nitrogens is 2. The highest BCUT2D eigenvalue weighted by molar-refractivity contribution is 5.77. The van der Waals surface area contributed by atoms with E-state index in [1.165, 1.54) is 6.33 Å². The summed E-state index contributed by atoms with van der Waals surface area (Å²) in [4.78, 5) is 21.3. The van der Waals surface area contributed by atoms with E-state index in [9.17, 15) is 9.90 Å². The Morgan fingerprint density at radius 3 is 2.81 bits per heavy atom. The number of nitrogens with one attached hydrogen (secondary N) is 3. The van der Waals surface area contributed by atoms with Gasteiger partial charge in [0.25, 0.3) is 5.56 Å². The summed E-state index contributed by atoms with van der Waals surface area (Å²) in [7, 11) is 0. The molecule has 0 spiro atoms. The highest BCUT2D eigenvalue weighted by atomic mass is 16.3. The third kappa shape index (κ3) is 2.72. The topological polar surface area (TPSA) is 93.8 Å². The zero-order valence-corrected chi connectivity index (χ0v) is 11.3. The minimum atomic E-state index is -0.187. The highest BCUT2D eigenvalue weighted by Crippen LogP contribution is 2.15. The lowest BCUT2D eigenvalue weighted by atomic mass is 10.1. The first-order valence-corrected chi connectivity index (χ1v) is 6.72. The van der Waals surface area contributed by atoms with Gasteiger partial charge < -0.3 is 20.4 Å². The summed E-state index contributed by atoms with van der Waals surface area (Å²) in [5.74, 6) is 0. The molecule has 4 N–H and O–H groups in total. The molecule has 0 saturated carbocycles. The molecule has 0 unspecified atom stereocenters. The van der Waals surface area contributed by atoms with Crippen molar-refractivity contribution in [2.24, 2.45) is 0 Å². The van der Waals surface area contributed by atoms with Crippen LogP contribution in [0.25, 0.3) is 11.0 Å². The molecule has 0 aliphatic carbocycles. The number of aliphatic hydroxyl groups is 1. The second-order valence-corrected chi connectivity index (χ2v) is 4.80. The van der Waals surface area contributed by atoms with E-state index in [0.717, 1.165) is 11.1 Å². The number of fused-ring (bicyclic) bond motifs is 1. The van der Waals surface area contributed by atoms with E-state index in [1.54, 1.807) is 6.20 Å². The molecule has 1 atom stereocenters. The zero-order chi connectivity index (χ0) is 14.7. The Labute approximate surface area is 120 Å². The fourth-order valence-electron chi connectivity index (χ4n) is 2.35. The molecule has 0 aliphatic rings. The van der Waals surface area contributed by atoms with Crippen molar-refractivity contribution >= 4 is 11.0 Å². The predicted octanol–water partition coefficient (Wildman–Crippen LogP) is 1.07. The lowest BCUT2D eigenvalue weighted by molar-refractivity contribution is 0.244. The van der Waals surface area contributed by atoms with E-state index < -0.39 is 0 Å². The largest absolute Gasteiger partial charge is 0.394 e. The van der Waals surface area contributed by atoms with Gasteiger partial charge in [-0.1, -0.05) is 30.3 Å². The standard InChI is InChI=1S/C15H16N4O2/c20-8-12(10-4-2-1-3-5-10)16-6-11-7-17-14-13(11)18-9-19-15(14)21/h1-5,7,9,12,16-17,20H,6,8H2,(H,18,19,21)/t12-/m0/s1. The first-order valence-electron chi connectivity index (χ1n) is 6.72. The van der Waals surface area contributed by atoms with Gasteiger partial charge in [0.15, 0.2) is 0 Å². The molecule has 3 aromatic rings. The van der Waals surface area contributed by atoms with Crippen molar-refractivity contribution in [2.75, 3.05) is 6.61 Å². The van der Waals surface area contributed by atoms with Crippen LogP contribution in [0.5, 0.6) is 0 Å². The van der Waals surface area contributed by atoms with Crippen LogP contribution in [0.1, 0.15) is 17.2 Å². The van der Waals surface area contributed by atoms with Crippen LogP contribution in [0.4, 0.5) is 0 Å². The van der Waals surface area contributed by atoms with E-state index in [-0.39, 0.29) is 18.2 Å². The molecule has 6 heteroatoms. The smallest absolute Gasteiger partial charge is 0.275 e. The molecular weight excluding hydrogens is 268 g/mol. The molecule has 0 bridgehead atoms. The number of aromatic nitrogens is 3. The Bertz CT molecular complexity index is 779. The molecule has 3 rings (SSSR count). The van der Waals surface area contributed by atoms with Gasteiger partial charge in [-0.25, -0.2) is 4.98 Å². The Balaban J connectivity index is 1.80. The minimum Gasteiger partial charge on any atom is -0.394 e. The predicted molar refractivity (Wildman–Crippen MR) is 79.8 cm³/mol. The molecule has 0 fully saturated rings. The van der Waals surface area contributed by atoms with Crippen molar-refractivity contribution in [2.45, 2.75) is 12.6 Å². The summed E-state index contributed by atoms with van der Waals surface area (Å²) in [6.07, 6.45) is 3.15. The van der Waals surface area contributed by atoms with Gasteiger partial charge in [0.2, 0.25) is 0 Å². The van der Waals surface area contributed by atoms with Crippen molar-refractivity contribution in [3.8, 4) is 0 Å². The number of nitrogens with zero attached hydrogens (tertiary/aromatic N) is 1. The Morgan fingerprint density at radius 1 is 1.24 bits per heavy atom. The average Bonchev–Trinajstić information content (AvgIpc) is 2.94. The second kappa shape index (κ2) is 5.90. The van der Waals surface area contributed by atoms with Crippen molar-refractivity contribution < 1.29 is 5.11 Å². The summed E-state index contributed by atoms with van der Waals surface area (Å²) in [5, 5.41) is 12.8. The summed E-state index contributed by atoms with van der Waals surface area (Å²) >= 11 is 0. The third-order valence-corrected chi connectivity index (χ3v) is 3.47. The monoisotopic (exact) mass is 284 g/mol. The number of hydrogen-bond acceptors (Lipinski definition) is 4. The summed E-state index contributed by atoms with van der Waals surface area (Å²) < 4.78 is 0. The van der Waals surface area contributed by atoms with Crippen LogP contribution in [0.15, 0.2) is 47.7 Å². The van der Waals surface area contributed by atoms with Gasteiger partial charge in [0.05, 0.1) is 24.5 Å². The fourth-order valence-corrected chi connectivity index (χ4v) is 2.35. The average molecular weight is 284 g/mol. The molecule has 1 aromatic carbocycles. The zero-order valence-electron chi connectivity index (χ0n) is 11.3. The molecule has 0 saturated heterocycles. The van der Waals surface area contributed by atoms with E-state index in [1.807, 2.05) is 30.3 Å². The third-order valence-electron chi connectivity index (χ3n) is 3.47. The van der Waals surface area contributed by atoms with Crippen molar-refractivity contribution in [1.82, 2.24) is 20.3 Å². The van der Waals surface area contributed by atoms with Gasteiger partial charge in [0.1, 0.15) is 5.52 Å². The van der Waals surface area contributed by atoms with Crippen molar-refractivity contribution in [3.63, 3.8) is 0 Å². The van der Waals surface area contributed by atoms with Crippen LogP contribution in [0, 0.1) is 0 Å². The van der Waals surface area contributed by atoms with Gasteiger partial charge in [0, 0.05) is 18.3 Å². The molecule has 0 radical (unpaired) electrons. The lowest BCUT2D eigenvalue weighted by Crippen LogP contribution is -2.23. The molecule has 2 heterocycles. The molecule has 0 amide bonds. The molecule has 0 aliphatic heterocycles. The van der Waals surface area contributed by atoms with E-state index in [0.29, 0.717) is 17.6 Å². The quantitative estimate of drug-likeness (QED) is 0.564. The Morgan fingerprint density at radius 2 is 2.05 bits per heavy atom. The molecule has 6 nitrogen and oxygen atoms in total. The number of rotatable bonds is 5. The first kappa shape index (κ1) is 13.5. The number of aromatic amines is 2. The van der Waals surface area contributed by atoms with E-state index in [2.05, 4.69) is 20.3 Å². The van der Waals surface area contributed by atoms with Crippen LogP contribution in [-0.2, 0) is 6.54 Å². The minimum absolute atomic E-state index is 0.000378. The lowest BCUT2D eigenvalue weighted by Gasteiger charge is -2.16. The van der Waals surface area contributed by atoms with Gasteiger partial charge in [-0.2, -0.15) is 0 Å². The molecular formula is C15H16N4O2. The normalized spacial score (nSPS) is 12.6. The SMILES string of the molecule is O=c1[nH]cnc2c(CN[C@@H](CO)c3ccccc3)c[nH]c12. The summed E-state index contributed by atoms with van der Waals surface area (Å²) in [6.45, 7) is 0.511. The van der Waals surface area contributed by atoms with Gasteiger partial charge in [-0.3, -0.25) is 4.79 Å².